The van der Waals surface area contributed by atoms with Gasteiger partial charge in [0.2, 0.25) is 0 Å². The Morgan fingerprint density at radius 2 is 1.96 bits per heavy atom. The molecular formula is C19H20N2O5. The minimum absolute atomic E-state index is 0.0206. The van der Waals surface area contributed by atoms with Gasteiger partial charge in [-0.25, -0.2) is 4.79 Å². The average molecular weight is 356 g/mol. The van der Waals surface area contributed by atoms with Gasteiger partial charge in [0.25, 0.3) is 0 Å². The van der Waals surface area contributed by atoms with E-state index < -0.39 is 11.5 Å². The molecule has 1 unspecified atom stereocenters. The highest BCUT2D eigenvalue weighted by Crippen LogP contribution is 2.36. The zero-order chi connectivity index (χ0) is 19.2. The van der Waals surface area contributed by atoms with Crippen molar-refractivity contribution in [1.29, 1.82) is 5.26 Å². The Morgan fingerprint density at radius 1 is 1.27 bits per heavy atom. The molecule has 0 bridgehead atoms. The van der Waals surface area contributed by atoms with Crippen molar-refractivity contribution in [3.05, 3.63) is 53.6 Å². The molecule has 7 heteroatoms. The van der Waals surface area contributed by atoms with E-state index in [4.69, 9.17) is 19.8 Å². The fourth-order valence-electron chi connectivity index (χ4n) is 2.47. The number of anilines is 1. The SMILES string of the molecule is COc1ccc(C(C)(Nc2ccc(C#N)cc2)C(=O)O)c(OCCO)c1. The fraction of sp³-hybridized carbons (Fsp3) is 0.263. The standard InChI is InChI=1S/C19H20N2O5/c1-19(18(23)24,21-14-5-3-13(12-20)4-6-14)16-8-7-15(25-2)11-17(16)26-10-9-22/h3-8,11,21-22H,9-10H2,1-2H3,(H,23,24). The monoisotopic (exact) mass is 356 g/mol. The summed E-state index contributed by atoms with van der Waals surface area (Å²) in [6.45, 7) is 1.33. The van der Waals surface area contributed by atoms with Gasteiger partial charge in [-0.2, -0.15) is 5.26 Å². The third-order valence-electron chi connectivity index (χ3n) is 3.91. The summed E-state index contributed by atoms with van der Waals surface area (Å²) >= 11 is 0. The molecule has 136 valence electrons. The number of nitrogens with one attached hydrogen (secondary N) is 1. The smallest absolute Gasteiger partial charge is 0.333 e. The Balaban J connectivity index is 2.46. The van der Waals surface area contributed by atoms with Crippen LogP contribution in [0.5, 0.6) is 11.5 Å². The Hall–Kier alpha value is -3.24. The lowest BCUT2D eigenvalue weighted by Gasteiger charge is -2.30. The minimum Gasteiger partial charge on any atom is -0.497 e. The average Bonchev–Trinajstić information content (AvgIpc) is 2.66. The van der Waals surface area contributed by atoms with Gasteiger partial charge in [-0.15, -0.1) is 0 Å². The lowest BCUT2D eigenvalue weighted by atomic mass is 9.90. The molecule has 0 amide bonds. The highest BCUT2D eigenvalue weighted by atomic mass is 16.5. The molecule has 0 aliphatic heterocycles. The van der Waals surface area contributed by atoms with Crippen LogP contribution in [-0.4, -0.2) is 36.5 Å². The van der Waals surface area contributed by atoms with Crippen molar-refractivity contribution >= 4 is 11.7 Å². The molecule has 0 spiro atoms. The first-order valence-corrected chi connectivity index (χ1v) is 7.88. The third kappa shape index (κ3) is 4.05. The highest BCUT2D eigenvalue weighted by molar-refractivity contribution is 5.85. The van der Waals surface area contributed by atoms with Crippen molar-refractivity contribution in [3.63, 3.8) is 0 Å². The Bertz CT molecular complexity index is 814. The molecule has 0 aromatic heterocycles. The Morgan fingerprint density at radius 3 is 2.50 bits per heavy atom. The molecular weight excluding hydrogens is 336 g/mol. The van der Waals surface area contributed by atoms with Crippen LogP contribution in [0.3, 0.4) is 0 Å². The number of carboxylic acid groups (broad SMARTS) is 1. The number of rotatable bonds is 8. The minimum atomic E-state index is -1.51. The largest absolute Gasteiger partial charge is 0.497 e. The van der Waals surface area contributed by atoms with E-state index in [1.54, 1.807) is 42.5 Å². The first-order valence-electron chi connectivity index (χ1n) is 7.88. The van der Waals surface area contributed by atoms with Gasteiger partial charge in [0, 0.05) is 17.3 Å². The molecule has 2 aromatic carbocycles. The molecule has 0 aliphatic carbocycles. The van der Waals surface area contributed by atoms with Crippen LogP contribution in [0.1, 0.15) is 18.1 Å². The number of carboxylic acids is 1. The zero-order valence-corrected chi connectivity index (χ0v) is 14.5. The molecule has 1 atom stereocenters. The van der Waals surface area contributed by atoms with Gasteiger partial charge in [-0.3, -0.25) is 0 Å². The first kappa shape index (κ1) is 19.1. The molecule has 0 fully saturated rings. The molecule has 26 heavy (non-hydrogen) atoms. The van der Waals surface area contributed by atoms with Crippen molar-refractivity contribution in [3.8, 4) is 17.6 Å². The number of benzene rings is 2. The van der Waals surface area contributed by atoms with Gasteiger partial charge in [0.05, 0.1) is 25.3 Å². The molecule has 0 saturated carbocycles. The van der Waals surface area contributed by atoms with Crippen LogP contribution in [0, 0.1) is 11.3 Å². The number of aliphatic hydroxyl groups is 1. The summed E-state index contributed by atoms with van der Waals surface area (Å²) in [5.74, 6) is -0.307. The van der Waals surface area contributed by atoms with Crippen LogP contribution in [0.2, 0.25) is 0 Å². The normalized spacial score (nSPS) is 12.5. The molecule has 2 aromatic rings. The van der Waals surface area contributed by atoms with Crippen LogP contribution in [0.15, 0.2) is 42.5 Å². The maximum Gasteiger partial charge on any atom is 0.333 e. The van der Waals surface area contributed by atoms with Crippen LogP contribution >= 0.6 is 0 Å². The summed E-state index contributed by atoms with van der Waals surface area (Å²) < 4.78 is 10.7. The van der Waals surface area contributed by atoms with Gasteiger partial charge in [-0.1, -0.05) is 0 Å². The van der Waals surface area contributed by atoms with E-state index in [1.807, 2.05) is 6.07 Å². The second-order valence-corrected chi connectivity index (χ2v) is 5.68. The molecule has 0 saturated heterocycles. The van der Waals surface area contributed by atoms with Gasteiger partial charge >= 0.3 is 5.97 Å². The topological polar surface area (TPSA) is 112 Å². The predicted molar refractivity (Wildman–Crippen MR) is 95.3 cm³/mol. The van der Waals surface area contributed by atoms with Gasteiger partial charge in [-0.05, 0) is 43.3 Å². The fourth-order valence-corrected chi connectivity index (χ4v) is 2.47. The lowest BCUT2D eigenvalue weighted by molar-refractivity contribution is -0.142. The van der Waals surface area contributed by atoms with Crippen molar-refractivity contribution in [2.45, 2.75) is 12.5 Å². The van der Waals surface area contributed by atoms with Crippen LogP contribution in [-0.2, 0) is 10.3 Å². The van der Waals surface area contributed by atoms with Gasteiger partial charge < -0.3 is 25.0 Å². The number of nitrogens with zero attached hydrogens (tertiary/aromatic N) is 1. The maximum atomic E-state index is 12.1. The summed E-state index contributed by atoms with van der Waals surface area (Å²) in [6.07, 6.45) is 0. The summed E-state index contributed by atoms with van der Waals surface area (Å²) in [4.78, 5) is 12.1. The van der Waals surface area contributed by atoms with Crippen molar-refractivity contribution < 1.29 is 24.5 Å². The van der Waals surface area contributed by atoms with E-state index in [0.717, 1.165) is 0 Å². The number of nitriles is 1. The van der Waals surface area contributed by atoms with E-state index in [0.29, 0.717) is 28.3 Å². The van der Waals surface area contributed by atoms with Crippen molar-refractivity contribution in [1.82, 2.24) is 0 Å². The van der Waals surface area contributed by atoms with Gasteiger partial charge in [0.15, 0.2) is 5.54 Å². The quantitative estimate of drug-likeness (QED) is 0.665. The van der Waals surface area contributed by atoms with Crippen molar-refractivity contribution in [2.75, 3.05) is 25.6 Å². The Labute approximate surface area is 151 Å². The summed E-state index contributed by atoms with van der Waals surface area (Å²) in [5, 5.41) is 30.8. The summed E-state index contributed by atoms with van der Waals surface area (Å²) in [6, 6.07) is 13.3. The lowest BCUT2D eigenvalue weighted by Crippen LogP contribution is -2.41. The van der Waals surface area contributed by atoms with E-state index in [-0.39, 0.29) is 13.2 Å². The molecule has 3 N–H and O–H groups in total. The molecule has 0 aliphatic rings. The summed E-state index contributed by atoms with van der Waals surface area (Å²) in [7, 11) is 1.50. The number of hydrogen-bond acceptors (Lipinski definition) is 6. The Kier molecular flexibility index (Phi) is 6.04. The second kappa shape index (κ2) is 8.23. The predicted octanol–water partition coefficient (Wildman–Crippen LogP) is 2.35. The van der Waals surface area contributed by atoms with Crippen molar-refractivity contribution in [2.24, 2.45) is 0 Å². The zero-order valence-electron chi connectivity index (χ0n) is 14.5. The van der Waals surface area contributed by atoms with Crippen LogP contribution in [0.4, 0.5) is 5.69 Å². The summed E-state index contributed by atoms with van der Waals surface area (Å²) in [5.41, 5.74) is -0.115. The van der Waals surface area contributed by atoms with E-state index in [9.17, 15) is 9.90 Å². The highest BCUT2D eigenvalue weighted by Gasteiger charge is 2.38. The number of aliphatic carboxylic acids is 1. The third-order valence-corrected chi connectivity index (χ3v) is 3.91. The number of hydrogen-bond donors (Lipinski definition) is 3. The number of carbonyl (C=O) groups is 1. The van der Waals surface area contributed by atoms with Crippen LogP contribution in [0.25, 0.3) is 0 Å². The van der Waals surface area contributed by atoms with E-state index in [2.05, 4.69) is 5.32 Å². The van der Waals surface area contributed by atoms with E-state index >= 15 is 0 Å². The molecule has 2 rings (SSSR count). The second-order valence-electron chi connectivity index (χ2n) is 5.68. The number of aliphatic hydroxyl groups excluding tert-OH is 1. The number of methoxy groups -OCH3 is 1. The molecule has 0 heterocycles. The first-order chi connectivity index (χ1) is 12.4. The van der Waals surface area contributed by atoms with Gasteiger partial charge in [0.1, 0.15) is 18.1 Å². The number of ether oxygens (including phenoxy) is 2. The van der Waals surface area contributed by atoms with Crippen LogP contribution < -0.4 is 14.8 Å². The van der Waals surface area contributed by atoms with E-state index in [1.165, 1.54) is 14.0 Å². The molecule has 0 radical (unpaired) electrons. The molecule has 7 nitrogen and oxygen atoms in total. The maximum absolute atomic E-state index is 12.1.